The van der Waals surface area contributed by atoms with Crippen molar-refractivity contribution >= 4 is 23.2 Å². The highest BCUT2D eigenvalue weighted by Crippen LogP contribution is 2.65. The Bertz CT molecular complexity index is 1040. The van der Waals surface area contributed by atoms with E-state index >= 15 is 0 Å². The first-order valence-corrected chi connectivity index (χ1v) is 11.1. The van der Waals surface area contributed by atoms with Gasteiger partial charge in [-0.25, -0.2) is 0 Å². The predicted octanol–water partition coefficient (Wildman–Crippen LogP) is 8.06. The van der Waals surface area contributed by atoms with Gasteiger partial charge in [0.2, 0.25) is 0 Å². The highest BCUT2D eigenvalue weighted by molar-refractivity contribution is 6.30. The van der Waals surface area contributed by atoms with Gasteiger partial charge in [-0.15, -0.1) is 0 Å². The molecule has 0 heterocycles. The molecule has 0 spiro atoms. The van der Waals surface area contributed by atoms with Crippen molar-refractivity contribution in [3.05, 3.63) is 141 Å². The smallest absolute Gasteiger partial charge is 0.0406 e. The van der Waals surface area contributed by atoms with E-state index in [1.165, 1.54) is 22.3 Å². The van der Waals surface area contributed by atoms with Gasteiger partial charge in [0.05, 0.1) is 0 Å². The SMILES string of the molecule is Clc1ccc(C2(c3ccccc3)CCC2(c2ccccc2)c2ccc(Cl)cc2)cc1. The third-order valence-corrected chi connectivity index (χ3v) is 7.31. The molecule has 4 aromatic carbocycles. The van der Waals surface area contributed by atoms with Gasteiger partial charge in [-0.3, -0.25) is 0 Å². The van der Waals surface area contributed by atoms with Crippen LogP contribution in [0, 0.1) is 0 Å². The molecule has 2 heteroatoms. The Morgan fingerprint density at radius 2 is 0.700 bits per heavy atom. The van der Waals surface area contributed by atoms with Crippen LogP contribution in [-0.2, 0) is 10.8 Å². The van der Waals surface area contributed by atoms with E-state index in [0.29, 0.717) is 0 Å². The molecule has 30 heavy (non-hydrogen) atoms. The summed E-state index contributed by atoms with van der Waals surface area (Å²) in [6.45, 7) is 0. The maximum Gasteiger partial charge on any atom is 0.0406 e. The Kier molecular flexibility index (Phi) is 4.93. The number of hydrogen-bond donors (Lipinski definition) is 0. The van der Waals surface area contributed by atoms with Crippen LogP contribution < -0.4 is 0 Å². The van der Waals surface area contributed by atoms with Crippen molar-refractivity contribution in [3.8, 4) is 0 Å². The Morgan fingerprint density at radius 3 is 1.00 bits per heavy atom. The van der Waals surface area contributed by atoms with Crippen LogP contribution in [0.4, 0.5) is 0 Å². The molecule has 1 fully saturated rings. The lowest BCUT2D eigenvalue weighted by Gasteiger charge is -2.61. The Hall–Kier alpha value is -2.54. The van der Waals surface area contributed by atoms with Crippen LogP contribution in [0.5, 0.6) is 0 Å². The van der Waals surface area contributed by atoms with Gasteiger partial charge in [-0.1, -0.05) is 108 Å². The minimum Gasteiger partial charge on any atom is -0.0843 e. The number of hydrogen-bond acceptors (Lipinski definition) is 0. The summed E-state index contributed by atoms with van der Waals surface area (Å²) in [5, 5.41) is 1.52. The van der Waals surface area contributed by atoms with E-state index < -0.39 is 0 Å². The van der Waals surface area contributed by atoms with E-state index in [9.17, 15) is 0 Å². The highest BCUT2D eigenvalue weighted by Gasteiger charge is 2.62. The van der Waals surface area contributed by atoms with Gasteiger partial charge in [0.15, 0.2) is 0 Å². The monoisotopic (exact) mass is 428 g/mol. The fraction of sp³-hybridized carbons (Fsp3) is 0.143. The second-order valence-corrected chi connectivity index (χ2v) is 8.93. The van der Waals surface area contributed by atoms with Crippen molar-refractivity contribution in [2.45, 2.75) is 23.7 Å². The van der Waals surface area contributed by atoms with Crippen LogP contribution in [0.2, 0.25) is 10.0 Å². The van der Waals surface area contributed by atoms with Gasteiger partial charge in [-0.05, 0) is 59.4 Å². The fourth-order valence-electron chi connectivity index (χ4n) is 5.44. The number of benzene rings is 4. The Labute approximate surface area is 188 Å². The highest BCUT2D eigenvalue weighted by atomic mass is 35.5. The minimum absolute atomic E-state index is 0.186. The van der Waals surface area contributed by atoms with Crippen LogP contribution in [-0.4, -0.2) is 0 Å². The third kappa shape index (κ3) is 2.82. The molecule has 5 rings (SSSR count). The lowest BCUT2D eigenvalue weighted by Crippen LogP contribution is -2.59. The van der Waals surface area contributed by atoms with Crippen molar-refractivity contribution < 1.29 is 0 Å². The van der Waals surface area contributed by atoms with Crippen LogP contribution in [0.25, 0.3) is 0 Å². The normalized spacial score (nSPS) is 23.0. The lowest BCUT2D eigenvalue weighted by molar-refractivity contribution is 0.151. The molecule has 0 aliphatic heterocycles. The second-order valence-electron chi connectivity index (χ2n) is 8.06. The molecule has 0 radical (unpaired) electrons. The van der Waals surface area contributed by atoms with Gasteiger partial charge in [-0.2, -0.15) is 0 Å². The lowest BCUT2D eigenvalue weighted by atomic mass is 9.40. The molecule has 0 aromatic heterocycles. The van der Waals surface area contributed by atoms with Crippen LogP contribution >= 0.6 is 23.2 Å². The number of rotatable bonds is 4. The van der Waals surface area contributed by atoms with Crippen molar-refractivity contribution in [2.24, 2.45) is 0 Å². The average Bonchev–Trinajstić information content (AvgIpc) is 2.78. The summed E-state index contributed by atoms with van der Waals surface area (Å²) in [7, 11) is 0. The van der Waals surface area contributed by atoms with E-state index in [2.05, 4.69) is 84.9 Å². The summed E-state index contributed by atoms with van der Waals surface area (Å²) >= 11 is 12.6. The molecule has 1 aliphatic carbocycles. The molecule has 0 bridgehead atoms. The van der Waals surface area contributed by atoms with Crippen molar-refractivity contribution in [2.75, 3.05) is 0 Å². The molecular weight excluding hydrogens is 407 g/mol. The fourth-order valence-corrected chi connectivity index (χ4v) is 5.69. The van der Waals surface area contributed by atoms with Crippen LogP contribution in [0.3, 0.4) is 0 Å². The van der Waals surface area contributed by atoms with Gasteiger partial charge in [0.1, 0.15) is 0 Å². The Morgan fingerprint density at radius 1 is 0.400 bits per heavy atom. The molecule has 1 saturated carbocycles. The molecule has 1 aliphatic rings. The Balaban J connectivity index is 1.85. The molecular formula is C28H22Cl2. The van der Waals surface area contributed by atoms with Crippen LogP contribution in [0.15, 0.2) is 109 Å². The molecule has 4 aromatic rings. The maximum absolute atomic E-state index is 6.28. The summed E-state index contributed by atoms with van der Waals surface area (Å²) in [4.78, 5) is 0. The largest absolute Gasteiger partial charge is 0.0843 e. The molecule has 2 atom stereocenters. The average molecular weight is 429 g/mol. The van der Waals surface area contributed by atoms with E-state index in [1.54, 1.807) is 0 Å². The molecule has 0 N–H and O–H groups in total. The summed E-state index contributed by atoms with van der Waals surface area (Å²) in [6.07, 6.45) is 2.13. The molecule has 0 nitrogen and oxygen atoms in total. The zero-order chi connectivity index (χ0) is 20.6. The second kappa shape index (κ2) is 7.61. The quantitative estimate of drug-likeness (QED) is 0.308. The van der Waals surface area contributed by atoms with Crippen molar-refractivity contribution in [3.63, 3.8) is 0 Å². The standard InChI is InChI=1S/C28H22Cl2/c29-25-15-11-23(12-16-25)27(21-7-3-1-4-8-21)19-20-28(27,22-9-5-2-6-10-22)24-13-17-26(30)18-14-24/h1-18H,19-20H2. The summed E-state index contributed by atoms with van der Waals surface area (Å²) in [5.74, 6) is 0. The predicted molar refractivity (Wildman–Crippen MR) is 127 cm³/mol. The zero-order valence-electron chi connectivity index (χ0n) is 16.6. The first-order valence-electron chi connectivity index (χ1n) is 10.3. The van der Waals surface area contributed by atoms with Crippen LogP contribution in [0.1, 0.15) is 35.1 Å². The van der Waals surface area contributed by atoms with Crippen molar-refractivity contribution in [1.29, 1.82) is 0 Å². The first kappa shape index (κ1) is 19.4. The van der Waals surface area contributed by atoms with E-state index in [-0.39, 0.29) is 10.8 Å². The van der Waals surface area contributed by atoms with Gasteiger partial charge >= 0.3 is 0 Å². The summed E-state index contributed by atoms with van der Waals surface area (Å²) < 4.78 is 0. The molecule has 148 valence electrons. The van der Waals surface area contributed by atoms with E-state index in [1.807, 2.05) is 24.3 Å². The van der Waals surface area contributed by atoms with Crippen molar-refractivity contribution in [1.82, 2.24) is 0 Å². The molecule has 2 unspecified atom stereocenters. The maximum atomic E-state index is 6.28. The third-order valence-electron chi connectivity index (χ3n) is 6.81. The summed E-state index contributed by atoms with van der Waals surface area (Å²) in [6, 6.07) is 38.6. The van der Waals surface area contributed by atoms with E-state index in [4.69, 9.17) is 23.2 Å². The molecule has 0 saturated heterocycles. The molecule has 0 amide bonds. The first-order chi connectivity index (χ1) is 14.7. The summed E-state index contributed by atoms with van der Waals surface area (Å²) in [5.41, 5.74) is 4.88. The topological polar surface area (TPSA) is 0 Å². The van der Waals surface area contributed by atoms with Gasteiger partial charge in [0, 0.05) is 20.9 Å². The number of halogens is 2. The minimum atomic E-state index is -0.186. The van der Waals surface area contributed by atoms with Gasteiger partial charge in [0.25, 0.3) is 0 Å². The van der Waals surface area contributed by atoms with E-state index in [0.717, 1.165) is 22.9 Å². The van der Waals surface area contributed by atoms with Gasteiger partial charge < -0.3 is 0 Å². The zero-order valence-corrected chi connectivity index (χ0v) is 18.1.